The van der Waals surface area contributed by atoms with E-state index in [1.807, 2.05) is 30.5 Å². The number of anilines is 1. The van der Waals surface area contributed by atoms with Crippen LogP contribution in [0.1, 0.15) is 16.4 Å². The lowest BCUT2D eigenvalue weighted by molar-refractivity contribution is 0.277. The second-order valence-electron chi connectivity index (χ2n) is 4.70. The number of hydrogen-bond acceptors (Lipinski definition) is 7. The normalized spacial score (nSPS) is 10.6. The third kappa shape index (κ3) is 3.44. The molecule has 0 saturated heterocycles. The Morgan fingerprint density at radius 2 is 2.00 bits per heavy atom. The second-order valence-corrected chi connectivity index (χ2v) is 5.64. The van der Waals surface area contributed by atoms with Gasteiger partial charge in [0.05, 0.1) is 18.8 Å². The van der Waals surface area contributed by atoms with Crippen LogP contribution in [0.5, 0.6) is 0 Å². The summed E-state index contributed by atoms with van der Waals surface area (Å²) >= 11 is 1.51. The molecule has 0 amide bonds. The van der Waals surface area contributed by atoms with Gasteiger partial charge in [-0.1, -0.05) is 0 Å². The monoisotopic (exact) mass is 313 g/mol. The summed E-state index contributed by atoms with van der Waals surface area (Å²) in [5.74, 6) is 1.42. The SMILES string of the molecule is Cc1cc(NCc2nc(CO)cs2)nc(-c2ccncc2)n1. The van der Waals surface area contributed by atoms with Crippen LogP contribution in [0.2, 0.25) is 0 Å². The van der Waals surface area contributed by atoms with Crippen molar-refractivity contribution in [1.82, 2.24) is 19.9 Å². The van der Waals surface area contributed by atoms with E-state index in [1.54, 1.807) is 12.4 Å². The molecule has 2 N–H and O–H groups in total. The summed E-state index contributed by atoms with van der Waals surface area (Å²) in [4.78, 5) is 17.3. The molecule has 0 aliphatic carbocycles. The van der Waals surface area contributed by atoms with Crippen LogP contribution in [0, 0.1) is 6.92 Å². The van der Waals surface area contributed by atoms with Gasteiger partial charge in [0.25, 0.3) is 0 Å². The molecule has 0 aromatic carbocycles. The van der Waals surface area contributed by atoms with Gasteiger partial charge in [0.1, 0.15) is 10.8 Å². The molecular weight excluding hydrogens is 298 g/mol. The summed E-state index contributed by atoms with van der Waals surface area (Å²) in [6.07, 6.45) is 3.44. The molecule has 0 saturated carbocycles. The maximum atomic E-state index is 9.03. The summed E-state index contributed by atoms with van der Waals surface area (Å²) in [5.41, 5.74) is 2.51. The van der Waals surface area contributed by atoms with Crippen LogP contribution in [0.3, 0.4) is 0 Å². The summed E-state index contributed by atoms with van der Waals surface area (Å²) in [6, 6.07) is 5.66. The number of hydrogen-bond donors (Lipinski definition) is 2. The zero-order valence-electron chi connectivity index (χ0n) is 12.0. The molecule has 112 valence electrons. The predicted molar refractivity (Wildman–Crippen MR) is 85.4 cm³/mol. The van der Waals surface area contributed by atoms with Gasteiger partial charge in [-0.25, -0.2) is 15.0 Å². The highest BCUT2D eigenvalue weighted by molar-refractivity contribution is 7.09. The molecule has 0 unspecified atom stereocenters. The minimum absolute atomic E-state index is 0.0324. The molecule has 0 aliphatic rings. The van der Waals surface area contributed by atoms with Gasteiger partial charge >= 0.3 is 0 Å². The molecule has 3 heterocycles. The van der Waals surface area contributed by atoms with Crippen molar-refractivity contribution in [3.63, 3.8) is 0 Å². The Kier molecular flexibility index (Phi) is 4.36. The molecule has 3 aromatic heterocycles. The highest BCUT2D eigenvalue weighted by Crippen LogP contribution is 2.18. The topological polar surface area (TPSA) is 83.8 Å². The molecule has 3 aromatic rings. The van der Waals surface area contributed by atoms with Crippen LogP contribution in [-0.4, -0.2) is 25.0 Å². The van der Waals surface area contributed by atoms with E-state index in [2.05, 4.69) is 25.3 Å². The van der Waals surface area contributed by atoms with Gasteiger partial charge in [0, 0.05) is 35.1 Å². The van der Waals surface area contributed by atoms with Gasteiger partial charge in [-0.2, -0.15) is 0 Å². The standard InChI is InChI=1S/C15H15N5OS/c1-10-6-13(17-7-14-19-12(8-21)9-22-14)20-15(18-10)11-2-4-16-5-3-11/h2-6,9,21H,7-8H2,1H3,(H,17,18,20). The molecule has 3 rings (SSSR count). The number of aliphatic hydroxyl groups excluding tert-OH is 1. The first kappa shape index (κ1) is 14.6. The van der Waals surface area contributed by atoms with Crippen molar-refractivity contribution in [2.75, 3.05) is 5.32 Å². The van der Waals surface area contributed by atoms with Gasteiger partial charge in [-0.3, -0.25) is 4.98 Å². The van der Waals surface area contributed by atoms with Gasteiger partial charge in [0.2, 0.25) is 0 Å². The van der Waals surface area contributed by atoms with Crippen LogP contribution < -0.4 is 5.32 Å². The Balaban J connectivity index is 1.78. The third-order valence-electron chi connectivity index (χ3n) is 2.97. The van der Waals surface area contributed by atoms with Crippen molar-refractivity contribution in [1.29, 1.82) is 0 Å². The number of aryl methyl sites for hydroxylation is 1. The van der Waals surface area contributed by atoms with Crippen LogP contribution in [0.4, 0.5) is 5.82 Å². The molecule has 0 atom stereocenters. The van der Waals surface area contributed by atoms with Crippen molar-refractivity contribution in [3.8, 4) is 11.4 Å². The number of aliphatic hydroxyl groups is 1. The first-order valence-electron chi connectivity index (χ1n) is 6.78. The quantitative estimate of drug-likeness (QED) is 0.752. The first-order valence-corrected chi connectivity index (χ1v) is 7.66. The van der Waals surface area contributed by atoms with E-state index in [0.29, 0.717) is 18.1 Å². The minimum atomic E-state index is -0.0324. The Morgan fingerprint density at radius 1 is 1.18 bits per heavy atom. The molecule has 0 spiro atoms. The van der Waals surface area contributed by atoms with E-state index >= 15 is 0 Å². The molecular formula is C15H15N5OS. The third-order valence-corrected chi connectivity index (χ3v) is 3.87. The summed E-state index contributed by atoms with van der Waals surface area (Å²) in [5, 5.41) is 15.0. The molecule has 6 nitrogen and oxygen atoms in total. The Labute approximate surface area is 132 Å². The lowest BCUT2D eigenvalue weighted by Crippen LogP contribution is -2.04. The Morgan fingerprint density at radius 3 is 2.73 bits per heavy atom. The van der Waals surface area contributed by atoms with Gasteiger partial charge < -0.3 is 10.4 Å². The first-order chi connectivity index (χ1) is 10.7. The molecule has 0 aliphatic heterocycles. The largest absolute Gasteiger partial charge is 0.390 e. The zero-order chi connectivity index (χ0) is 15.4. The summed E-state index contributed by atoms with van der Waals surface area (Å²) in [6.45, 7) is 2.47. The maximum Gasteiger partial charge on any atom is 0.161 e. The summed E-state index contributed by atoms with van der Waals surface area (Å²) < 4.78 is 0. The minimum Gasteiger partial charge on any atom is -0.390 e. The summed E-state index contributed by atoms with van der Waals surface area (Å²) in [7, 11) is 0. The second kappa shape index (κ2) is 6.59. The van der Waals surface area contributed by atoms with Crippen molar-refractivity contribution in [2.24, 2.45) is 0 Å². The zero-order valence-corrected chi connectivity index (χ0v) is 12.8. The number of aromatic nitrogens is 4. The van der Waals surface area contributed by atoms with E-state index in [1.165, 1.54) is 11.3 Å². The van der Waals surface area contributed by atoms with E-state index < -0.39 is 0 Å². The van der Waals surface area contributed by atoms with Gasteiger partial charge in [-0.05, 0) is 19.1 Å². The van der Waals surface area contributed by atoms with Crippen molar-refractivity contribution < 1.29 is 5.11 Å². The van der Waals surface area contributed by atoms with Gasteiger partial charge in [0.15, 0.2) is 5.82 Å². The average molecular weight is 313 g/mol. The van der Waals surface area contributed by atoms with Crippen LogP contribution >= 0.6 is 11.3 Å². The van der Waals surface area contributed by atoms with Crippen LogP contribution in [-0.2, 0) is 13.2 Å². The fourth-order valence-corrected chi connectivity index (χ4v) is 2.68. The van der Waals surface area contributed by atoms with E-state index in [-0.39, 0.29) is 6.61 Å². The molecule has 22 heavy (non-hydrogen) atoms. The van der Waals surface area contributed by atoms with Crippen molar-refractivity contribution in [2.45, 2.75) is 20.1 Å². The number of pyridine rings is 1. The molecule has 0 fully saturated rings. The number of rotatable bonds is 5. The van der Waals surface area contributed by atoms with E-state index in [0.717, 1.165) is 22.1 Å². The smallest absolute Gasteiger partial charge is 0.161 e. The van der Waals surface area contributed by atoms with E-state index in [9.17, 15) is 0 Å². The lowest BCUT2D eigenvalue weighted by atomic mass is 10.2. The van der Waals surface area contributed by atoms with E-state index in [4.69, 9.17) is 5.11 Å². The van der Waals surface area contributed by atoms with Crippen LogP contribution in [0.15, 0.2) is 36.0 Å². The fourth-order valence-electron chi connectivity index (χ4n) is 1.96. The molecule has 7 heteroatoms. The molecule has 0 bridgehead atoms. The Bertz CT molecular complexity index is 760. The maximum absolute atomic E-state index is 9.03. The average Bonchev–Trinajstić information content (AvgIpc) is 3.01. The number of nitrogens with one attached hydrogen (secondary N) is 1. The highest BCUT2D eigenvalue weighted by Gasteiger charge is 2.06. The highest BCUT2D eigenvalue weighted by atomic mass is 32.1. The number of thiazole rings is 1. The molecule has 0 radical (unpaired) electrons. The Hall–Kier alpha value is -2.38. The fraction of sp³-hybridized carbons (Fsp3) is 0.200. The van der Waals surface area contributed by atoms with Crippen molar-refractivity contribution >= 4 is 17.2 Å². The predicted octanol–water partition coefficient (Wildman–Crippen LogP) is 2.41. The number of nitrogens with zero attached hydrogens (tertiary/aromatic N) is 4. The van der Waals surface area contributed by atoms with Gasteiger partial charge in [-0.15, -0.1) is 11.3 Å². The van der Waals surface area contributed by atoms with Crippen LogP contribution in [0.25, 0.3) is 11.4 Å². The lowest BCUT2D eigenvalue weighted by Gasteiger charge is -2.07. The van der Waals surface area contributed by atoms with Crippen molar-refractivity contribution in [3.05, 3.63) is 52.4 Å².